The van der Waals surface area contributed by atoms with Crippen LogP contribution in [-0.2, 0) is 39.2 Å². The van der Waals surface area contributed by atoms with E-state index in [1.165, 1.54) is 23.6 Å². The number of ether oxygens (including phenoxy) is 1. The minimum Gasteiger partial charge on any atom is -0.366 e. The predicted octanol–water partition coefficient (Wildman–Crippen LogP) is 6.78. The first-order valence-corrected chi connectivity index (χ1v) is 16.7. The van der Waals surface area contributed by atoms with Gasteiger partial charge in [-0.25, -0.2) is 8.42 Å². The third-order valence-corrected chi connectivity index (χ3v) is 11.6. The number of carbonyl (C=O) groups excluding carboxylic acids is 1. The largest absolute Gasteiger partial charge is 0.433 e. The van der Waals surface area contributed by atoms with Crippen molar-refractivity contribution in [2.24, 2.45) is 0 Å². The van der Waals surface area contributed by atoms with E-state index in [9.17, 15) is 26.4 Å². The van der Waals surface area contributed by atoms with Gasteiger partial charge in [-0.3, -0.25) is 14.7 Å². The van der Waals surface area contributed by atoms with Crippen molar-refractivity contribution in [2.75, 3.05) is 18.8 Å². The van der Waals surface area contributed by atoms with E-state index in [2.05, 4.69) is 16.8 Å². The summed E-state index contributed by atoms with van der Waals surface area (Å²) in [6.45, 7) is 7.06. The van der Waals surface area contributed by atoms with Crippen molar-refractivity contribution in [1.29, 1.82) is 0 Å². The molecule has 6 nitrogen and oxygen atoms in total. The quantitative estimate of drug-likeness (QED) is 0.258. The fourth-order valence-corrected chi connectivity index (χ4v) is 8.19. The van der Waals surface area contributed by atoms with Crippen LogP contribution in [0.25, 0.3) is 0 Å². The molecule has 5 rings (SSSR count). The van der Waals surface area contributed by atoms with E-state index in [1.807, 2.05) is 13.0 Å². The summed E-state index contributed by atoms with van der Waals surface area (Å²) >= 11 is 1.52. The molecule has 11 heteroatoms. The summed E-state index contributed by atoms with van der Waals surface area (Å²) in [5.74, 6) is 0.106. The lowest BCUT2D eigenvalue weighted by atomic mass is 9.83. The van der Waals surface area contributed by atoms with Gasteiger partial charge < -0.3 is 4.74 Å². The molecule has 1 fully saturated rings. The topological polar surface area (TPSA) is 76.6 Å². The number of pyridine rings is 1. The zero-order chi connectivity index (χ0) is 30.3. The van der Waals surface area contributed by atoms with Crippen LogP contribution >= 0.6 is 11.3 Å². The highest BCUT2D eigenvalue weighted by molar-refractivity contribution is 7.91. The van der Waals surface area contributed by atoms with Crippen LogP contribution in [0.2, 0.25) is 0 Å². The average molecular weight is 621 g/mol. The van der Waals surface area contributed by atoms with Crippen molar-refractivity contribution in [2.45, 2.75) is 81.7 Å². The van der Waals surface area contributed by atoms with E-state index in [0.717, 1.165) is 46.9 Å². The Balaban J connectivity index is 1.25. The van der Waals surface area contributed by atoms with Gasteiger partial charge in [0.1, 0.15) is 11.3 Å². The molecule has 2 aliphatic rings. The molecule has 2 aromatic heterocycles. The predicted molar refractivity (Wildman–Crippen MR) is 156 cm³/mol. The van der Waals surface area contributed by atoms with E-state index in [0.29, 0.717) is 35.7 Å². The number of halogens is 3. The Hall–Kier alpha value is -2.60. The molecule has 4 heterocycles. The number of alkyl halides is 3. The van der Waals surface area contributed by atoms with Gasteiger partial charge in [-0.1, -0.05) is 25.1 Å². The van der Waals surface area contributed by atoms with Gasteiger partial charge in [-0.05, 0) is 80.5 Å². The number of sulfone groups is 1. The fraction of sp³-hybridized carbons (Fsp3) is 0.484. The molecule has 1 spiro atoms. The van der Waals surface area contributed by atoms with Gasteiger partial charge >= 0.3 is 6.18 Å². The second-order valence-corrected chi connectivity index (χ2v) is 14.6. The van der Waals surface area contributed by atoms with Crippen molar-refractivity contribution in [3.05, 3.63) is 80.8 Å². The third kappa shape index (κ3) is 6.34. The number of hydrogen-bond acceptors (Lipinski definition) is 7. The Morgan fingerprint density at radius 1 is 1.17 bits per heavy atom. The van der Waals surface area contributed by atoms with Gasteiger partial charge in [-0.2, -0.15) is 13.2 Å². The van der Waals surface area contributed by atoms with Gasteiger partial charge in [0.25, 0.3) is 0 Å². The number of thiophene rings is 1. The number of nitrogens with zero attached hydrogens (tertiary/aromatic N) is 2. The van der Waals surface area contributed by atoms with Gasteiger partial charge in [0.2, 0.25) is 0 Å². The first-order valence-electron chi connectivity index (χ1n) is 14.2. The standard InChI is InChI=1S/C31H35F3N2O4S2/c1-4-42(38,39)25-9-5-22(6-10-25)7-11-26(37)27-18-24-17-20(2)40-30(29(24)41-27)13-15-36(16-14-30)21(3)23-8-12-28(35-19-23)31(32,33)34/h5-6,8-10,12,18-21H,4,7,11,13-17H2,1-3H3. The van der Waals surface area contributed by atoms with Crippen LogP contribution < -0.4 is 0 Å². The zero-order valence-corrected chi connectivity index (χ0v) is 25.5. The molecule has 2 aliphatic heterocycles. The van der Waals surface area contributed by atoms with Gasteiger partial charge in [0, 0.05) is 36.6 Å². The lowest BCUT2D eigenvalue weighted by Gasteiger charge is -2.47. The molecule has 42 heavy (non-hydrogen) atoms. The van der Waals surface area contributed by atoms with E-state index in [4.69, 9.17) is 4.74 Å². The van der Waals surface area contributed by atoms with E-state index < -0.39 is 27.3 Å². The Kier molecular flexibility index (Phi) is 8.68. The molecule has 0 aliphatic carbocycles. The number of carbonyl (C=O) groups is 1. The minimum absolute atomic E-state index is 0.0102. The van der Waals surface area contributed by atoms with Crippen LogP contribution in [0.1, 0.15) is 83.0 Å². The summed E-state index contributed by atoms with van der Waals surface area (Å²) in [6.07, 6.45) is -0.0890. The normalized spacial score (nSPS) is 19.9. The van der Waals surface area contributed by atoms with E-state index >= 15 is 0 Å². The van der Waals surface area contributed by atoms with Crippen molar-refractivity contribution in [3.63, 3.8) is 0 Å². The minimum atomic E-state index is -4.46. The van der Waals surface area contributed by atoms with Crippen LogP contribution in [0.3, 0.4) is 0 Å². The summed E-state index contributed by atoms with van der Waals surface area (Å²) in [4.78, 5) is 21.2. The maximum Gasteiger partial charge on any atom is 0.433 e. The molecule has 1 aromatic carbocycles. The Morgan fingerprint density at radius 3 is 2.45 bits per heavy atom. The average Bonchev–Trinajstić information content (AvgIpc) is 3.41. The van der Waals surface area contributed by atoms with Crippen molar-refractivity contribution >= 4 is 27.0 Å². The fourth-order valence-electron chi connectivity index (χ4n) is 5.95. The molecular weight excluding hydrogens is 585 g/mol. The SMILES string of the molecule is CCS(=O)(=O)c1ccc(CCC(=O)c2cc3c(s2)C2(CCN(C(C)c4ccc(C(F)(F)F)nc4)CC2)OC(C)C3)cc1. The third-order valence-electron chi connectivity index (χ3n) is 8.45. The number of benzene rings is 1. The first kappa shape index (κ1) is 30.8. The van der Waals surface area contributed by atoms with Crippen LogP contribution in [0, 0.1) is 0 Å². The molecule has 0 N–H and O–H groups in total. The molecule has 2 unspecified atom stereocenters. The van der Waals surface area contributed by atoms with Crippen molar-refractivity contribution in [1.82, 2.24) is 9.88 Å². The summed E-state index contributed by atoms with van der Waals surface area (Å²) in [6, 6.07) is 11.2. The number of ketones is 1. The number of aromatic nitrogens is 1. The monoisotopic (exact) mass is 620 g/mol. The molecule has 2 atom stereocenters. The van der Waals surface area contributed by atoms with Gasteiger partial charge in [0.15, 0.2) is 15.6 Å². The summed E-state index contributed by atoms with van der Waals surface area (Å²) in [5, 5.41) is 0. The van der Waals surface area contributed by atoms with E-state index in [-0.39, 0.29) is 23.7 Å². The molecular formula is C31H35F3N2O4S2. The maximum absolute atomic E-state index is 13.2. The second kappa shape index (κ2) is 11.8. The highest BCUT2D eigenvalue weighted by Gasteiger charge is 2.45. The lowest BCUT2D eigenvalue weighted by molar-refractivity contribution is -0.141. The number of rotatable bonds is 8. The summed E-state index contributed by atoms with van der Waals surface area (Å²) in [5.41, 5.74) is 1.44. The number of hydrogen-bond donors (Lipinski definition) is 0. The van der Waals surface area contributed by atoms with Crippen LogP contribution in [0.15, 0.2) is 53.6 Å². The van der Waals surface area contributed by atoms with Crippen LogP contribution in [0.5, 0.6) is 0 Å². The first-order chi connectivity index (χ1) is 19.8. The van der Waals surface area contributed by atoms with Crippen LogP contribution in [0.4, 0.5) is 13.2 Å². The van der Waals surface area contributed by atoms with Gasteiger partial charge in [-0.15, -0.1) is 11.3 Å². The number of piperidine rings is 1. The lowest BCUT2D eigenvalue weighted by Crippen LogP contribution is -2.48. The summed E-state index contributed by atoms with van der Waals surface area (Å²) < 4.78 is 69.5. The van der Waals surface area contributed by atoms with Crippen molar-refractivity contribution in [3.8, 4) is 0 Å². The Bertz CT molecular complexity index is 1530. The van der Waals surface area contributed by atoms with Gasteiger partial charge in [0.05, 0.1) is 21.6 Å². The highest BCUT2D eigenvalue weighted by Crippen LogP contribution is 2.48. The molecule has 1 saturated heterocycles. The highest BCUT2D eigenvalue weighted by atomic mass is 32.2. The summed E-state index contributed by atoms with van der Waals surface area (Å²) in [7, 11) is -3.26. The maximum atomic E-state index is 13.2. The second-order valence-electron chi connectivity index (χ2n) is 11.2. The molecule has 0 saturated carbocycles. The Labute approximate surface area is 248 Å². The number of likely N-dealkylation sites (tertiary alicyclic amines) is 1. The Morgan fingerprint density at radius 2 is 1.86 bits per heavy atom. The molecule has 226 valence electrons. The molecule has 3 aromatic rings. The number of aryl methyl sites for hydroxylation is 1. The number of Topliss-reactive ketones (excluding diaryl/α,β-unsaturated/α-hetero) is 1. The molecule has 0 bridgehead atoms. The van der Waals surface area contributed by atoms with E-state index in [1.54, 1.807) is 31.2 Å². The zero-order valence-electron chi connectivity index (χ0n) is 23.9. The number of fused-ring (bicyclic) bond motifs is 2. The molecule has 0 amide bonds. The van der Waals surface area contributed by atoms with Crippen LogP contribution in [-0.4, -0.2) is 49.0 Å². The molecule has 0 radical (unpaired) electrons. The smallest absolute Gasteiger partial charge is 0.366 e. The van der Waals surface area contributed by atoms with Crippen molar-refractivity contribution < 1.29 is 31.1 Å².